The zero-order valence-corrected chi connectivity index (χ0v) is 12.0. The van der Waals surface area contributed by atoms with Gasteiger partial charge in [0.25, 0.3) is 0 Å². The van der Waals surface area contributed by atoms with Crippen LogP contribution >= 0.6 is 11.6 Å². The van der Waals surface area contributed by atoms with Crippen molar-refractivity contribution in [2.45, 2.75) is 37.0 Å². The fourth-order valence-corrected chi connectivity index (χ4v) is 3.66. The monoisotopic (exact) mass is 281 g/mol. The van der Waals surface area contributed by atoms with E-state index in [1.54, 1.807) is 0 Å². The average Bonchev–Trinajstić information content (AvgIpc) is 2.90. The highest BCUT2D eigenvalue weighted by Gasteiger charge is 2.46. The Balaban J connectivity index is 1.84. The van der Waals surface area contributed by atoms with Crippen LogP contribution in [0.3, 0.4) is 0 Å². The zero-order chi connectivity index (χ0) is 13.3. The molecule has 3 nitrogen and oxygen atoms in total. The maximum Gasteiger partial charge on any atom is 0.168 e. The van der Waals surface area contributed by atoms with Crippen molar-refractivity contribution >= 4 is 11.6 Å². The quantitative estimate of drug-likeness (QED) is 0.904. The van der Waals surface area contributed by atoms with Crippen LogP contribution in [0.25, 0.3) is 0 Å². The Hall–Kier alpha value is -0.610. The molecular weight excluding hydrogens is 262 g/mol. The topological polar surface area (TPSA) is 30.5 Å². The van der Waals surface area contributed by atoms with E-state index < -0.39 is 0 Å². The molecule has 0 atom stereocenters. The molecule has 104 valence electrons. The van der Waals surface area contributed by atoms with Gasteiger partial charge in [-0.2, -0.15) is 0 Å². The highest BCUT2D eigenvalue weighted by molar-refractivity contribution is 6.31. The van der Waals surface area contributed by atoms with Crippen LogP contribution in [0.1, 0.15) is 31.2 Å². The summed E-state index contributed by atoms with van der Waals surface area (Å²) in [5, 5.41) is 4.32. The minimum absolute atomic E-state index is 0.0566. The number of halogens is 1. The highest BCUT2D eigenvalue weighted by atomic mass is 35.5. The van der Waals surface area contributed by atoms with E-state index in [2.05, 4.69) is 11.4 Å². The molecule has 0 aromatic heterocycles. The third-order valence-corrected chi connectivity index (χ3v) is 4.88. The minimum Gasteiger partial charge on any atom is -0.348 e. The van der Waals surface area contributed by atoms with Crippen molar-refractivity contribution in [1.82, 2.24) is 5.32 Å². The number of nitrogens with one attached hydrogen (secondary N) is 1. The maximum atomic E-state index is 6.37. The second-order valence-electron chi connectivity index (χ2n) is 5.42. The van der Waals surface area contributed by atoms with E-state index in [0.717, 1.165) is 43.9 Å². The fraction of sp³-hybridized carbons (Fsp3) is 0.600. The predicted molar refractivity (Wildman–Crippen MR) is 75.3 cm³/mol. The summed E-state index contributed by atoms with van der Waals surface area (Å²) in [7, 11) is 2.01. The molecule has 4 heteroatoms. The van der Waals surface area contributed by atoms with Crippen molar-refractivity contribution in [1.29, 1.82) is 0 Å². The van der Waals surface area contributed by atoms with Crippen LogP contribution in [0, 0.1) is 0 Å². The second-order valence-corrected chi connectivity index (χ2v) is 5.83. The highest BCUT2D eigenvalue weighted by Crippen LogP contribution is 2.46. The Bertz CT molecular complexity index is 447. The molecule has 1 saturated heterocycles. The standard InChI is InChI=1S/C15H20ClNO2/c1-17-14(12-4-2-3-5-13(12)16)6-8-15(9-7-14)18-10-11-19-15/h2-5,17H,6-11H2,1H3. The number of hydrogen-bond acceptors (Lipinski definition) is 3. The second kappa shape index (κ2) is 5.06. The first kappa shape index (κ1) is 13.4. The molecule has 1 saturated carbocycles. The molecular formula is C15H20ClNO2. The van der Waals surface area contributed by atoms with Gasteiger partial charge in [-0.05, 0) is 31.5 Å². The molecule has 2 fully saturated rings. The van der Waals surface area contributed by atoms with Crippen LogP contribution < -0.4 is 5.32 Å². The summed E-state index contributed by atoms with van der Waals surface area (Å²) in [4.78, 5) is 0. The first-order valence-electron chi connectivity index (χ1n) is 6.92. The lowest BCUT2D eigenvalue weighted by molar-refractivity contribution is -0.186. The van der Waals surface area contributed by atoms with E-state index >= 15 is 0 Å². The first-order chi connectivity index (χ1) is 9.20. The van der Waals surface area contributed by atoms with Gasteiger partial charge in [-0.25, -0.2) is 0 Å². The number of hydrogen-bond donors (Lipinski definition) is 1. The van der Waals surface area contributed by atoms with Crippen LogP contribution in [0.5, 0.6) is 0 Å². The van der Waals surface area contributed by atoms with Crippen LogP contribution in [-0.4, -0.2) is 26.0 Å². The third-order valence-electron chi connectivity index (χ3n) is 4.55. The van der Waals surface area contributed by atoms with Gasteiger partial charge in [-0.1, -0.05) is 29.8 Å². The third kappa shape index (κ3) is 2.29. The van der Waals surface area contributed by atoms with E-state index in [1.807, 2.05) is 25.2 Å². The Kier molecular flexibility index (Phi) is 3.56. The van der Waals surface area contributed by atoms with Crippen molar-refractivity contribution in [2.75, 3.05) is 20.3 Å². The summed E-state index contributed by atoms with van der Waals surface area (Å²) in [6.07, 6.45) is 3.79. The van der Waals surface area contributed by atoms with E-state index in [9.17, 15) is 0 Å². The molecule has 0 radical (unpaired) electrons. The summed E-state index contributed by atoms with van der Waals surface area (Å²) in [5.74, 6) is -0.332. The fourth-order valence-electron chi connectivity index (χ4n) is 3.35. The zero-order valence-electron chi connectivity index (χ0n) is 11.2. The molecule has 1 heterocycles. The molecule has 1 aromatic carbocycles. The Morgan fingerprint density at radius 3 is 2.26 bits per heavy atom. The molecule has 19 heavy (non-hydrogen) atoms. The Morgan fingerprint density at radius 2 is 1.68 bits per heavy atom. The van der Waals surface area contributed by atoms with Crippen molar-refractivity contribution in [3.05, 3.63) is 34.9 Å². The molecule has 0 unspecified atom stereocenters. The lowest BCUT2D eigenvalue weighted by atomic mass is 9.74. The van der Waals surface area contributed by atoms with Gasteiger partial charge in [0.15, 0.2) is 5.79 Å². The van der Waals surface area contributed by atoms with Gasteiger partial charge in [0, 0.05) is 23.4 Å². The van der Waals surface area contributed by atoms with Crippen molar-refractivity contribution in [3.63, 3.8) is 0 Å². The molecule has 1 aliphatic carbocycles. The van der Waals surface area contributed by atoms with Crippen molar-refractivity contribution in [2.24, 2.45) is 0 Å². The van der Waals surface area contributed by atoms with E-state index in [1.165, 1.54) is 5.56 Å². The molecule has 0 amide bonds. The molecule has 1 aliphatic heterocycles. The van der Waals surface area contributed by atoms with Crippen LogP contribution in [0.15, 0.2) is 24.3 Å². The summed E-state index contributed by atoms with van der Waals surface area (Å²) in [5.41, 5.74) is 1.13. The predicted octanol–water partition coefficient (Wildman–Crippen LogP) is 3.07. The Labute approximate surface area is 119 Å². The summed E-state index contributed by atoms with van der Waals surface area (Å²) in [6.45, 7) is 1.44. The van der Waals surface area contributed by atoms with Gasteiger partial charge in [0.05, 0.1) is 13.2 Å². The van der Waals surface area contributed by atoms with Gasteiger partial charge in [0.1, 0.15) is 0 Å². The van der Waals surface area contributed by atoms with E-state index in [4.69, 9.17) is 21.1 Å². The van der Waals surface area contributed by atoms with Gasteiger partial charge in [0.2, 0.25) is 0 Å². The summed E-state index contributed by atoms with van der Waals surface area (Å²) < 4.78 is 11.6. The normalized spacial score (nSPS) is 24.7. The Morgan fingerprint density at radius 1 is 1.05 bits per heavy atom. The number of rotatable bonds is 2. The van der Waals surface area contributed by atoms with Gasteiger partial charge in [-0.3, -0.25) is 0 Å². The van der Waals surface area contributed by atoms with Gasteiger partial charge >= 0.3 is 0 Å². The van der Waals surface area contributed by atoms with E-state index in [0.29, 0.717) is 0 Å². The molecule has 0 bridgehead atoms. The average molecular weight is 282 g/mol. The number of ether oxygens (including phenoxy) is 2. The summed E-state index contributed by atoms with van der Waals surface area (Å²) in [6, 6.07) is 8.10. The van der Waals surface area contributed by atoms with Crippen LogP contribution in [0.2, 0.25) is 5.02 Å². The van der Waals surface area contributed by atoms with Crippen molar-refractivity contribution < 1.29 is 9.47 Å². The minimum atomic E-state index is -0.332. The van der Waals surface area contributed by atoms with Gasteiger partial charge < -0.3 is 14.8 Å². The van der Waals surface area contributed by atoms with Crippen LogP contribution in [-0.2, 0) is 15.0 Å². The summed E-state index contributed by atoms with van der Waals surface area (Å²) >= 11 is 6.37. The lowest BCUT2D eigenvalue weighted by Gasteiger charge is -2.44. The molecule has 3 rings (SSSR count). The number of benzene rings is 1. The molecule has 1 aromatic rings. The smallest absolute Gasteiger partial charge is 0.168 e. The van der Waals surface area contributed by atoms with Crippen molar-refractivity contribution in [3.8, 4) is 0 Å². The van der Waals surface area contributed by atoms with E-state index in [-0.39, 0.29) is 11.3 Å². The SMILES string of the molecule is CNC1(c2ccccc2Cl)CCC2(CC1)OCCO2. The maximum absolute atomic E-state index is 6.37. The van der Waals surface area contributed by atoms with Gasteiger partial charge in [-0.15, -0.1) is 0 Å². The first-order valence-corrected chi connectivity index (χ1v) is 7.29. The molecule has 2 aliphatic rings. The lowest BCUT2D eigenvalue weighted by Crippen LogP contribution is -2.48. The van der Waals surface area contributed by atoms with Crippen LogP contribution in [0.4, 0.5) is 0 Å². The molecule has 1 spiro atoms. The largest absolute Gasteiger partial charge is 0.348 e. The molecule has 1 N–H and O–H groups in total.